The van der Waals surface area contributed by atoms with Crippen molar-refractivity contribution in [3.63, 3.8) is 0 Å². The molecule has 17 heavy (non-hydrogen) atoms. The molecule has 2 aliphatic rings. The molecule has 1 aromatic carbocycles. The van der Waals surface area contributed by atoms with Crippen molar-refractivity contribution < 1.29 is 0 Å². The van der Waals surface area contributed by atoms with Gasteiger partial charge in [0.15, 0.2) is 0 Å². The molecule has 2 fully saturated rings. The summed E-state index contributed by atoms with van der Waals surface area (Å²) in [6.45, 7) is 4.42. The van der Waals surface area contributed by atoms with Gasteiger partial charge in [-0.05, 0) is 25.0 Å². The van der Waals surface area contributed by atoms with Crippen LogP contribution in [0.25, 0.3) is 0 Å². The van der Waals surface area contributed by atoms with Crippen molar-refractivity contribution in [2.75, 3.05) is 42.5 Å². The largest absolute Gasteiger partial charge is 0.397 e. The van der Waals surface area contributed by atoms with Crippen LogP contribution in [0.3, 0.4) is 0 Å². The van der Waals surface area contributed by atoms with Crippen molar-refractivity contribution in [2.45, 2.75) is 18.9 Å². The lowest BCUT2D eigenvalue weighted by atomic mass is 10.2. The number of benzene rings is 1. The van der Waals surface area contributed by atoms with E-state index in [1.54, 1.807) is 0 Å². The summed E-state index contributed by atoms with van der Waals surface area (Å²) in [5.74, 6) is 0. The Bertz CT molecular complexity index is 406. The van der Waals surface area contributed by atoms with Gasteiger partial charge in [0, 0.05) is 32.2 Å². The number of anilines is 3. The first-order valence-electron chi connectivity index (χ1n) is 6.38. The molecule has 1 saturated carbocycles. The number of hydrogen-bond acceptors (Lipinski definition) is 4. The van der Waals surface area contributed by atoms with Crippen molar-refractivity contribution in [1.29, 1.82) is 0 Å². The Hall–Kier alpha value is -1.42. The first kappa shape index (κ1) is 10.7. The highest BCUT2D eigenvalue weighted by Gasteiger charge is 2.31. The molecule has 1 aliphatic heterocycles. The van der Waals surface area contributed by atoms with Gasteiger partial charge in [-0.1, -0.05) is 6.07 Å². The fourth-order valence-corrected chi connectivity index (χ4v) is 2.61. The fourth-order valence-electron chi connectivity index (χ4n) is 2.61. The van der Waals surface area contributed by atoms with Gasteiger partial charge >= 0.3 is 0 Å². The maximum absolute atomic E-state index is 6.04. The summed E-state index contributed by atoms with van der Waals surface area (Å²) in [6.07, 6.45) is 2.78. The van der Waals surface area contributed by atoms with Crippen LogP contribution in [0, 0.1) is 0 Å². The summed E-state index contributed by atoms with van der Waals surface area (Å²) < 4.78 is 0. The predicted molar refractivity (Wildman–Crippen MR) is 72.1 cm³/mol. The van der Waals surface area contributed by atoms with Crippen LogP contribution in [0.1, 0.15) is 12.8 Å². The lowest BCUT2D eigenvalue weighted by Crippen LogP contribution is -2.47. The minimum Gasteiger partial charge on any atom is -0.397 e. The zero-order valence-corrected chi connectivity index (χ0v) is 10.1. The van der Waals surface area contributed by atoms with Crippen molar-refractivity contribution >= 4 is 17.1 Å². The molecule has 1 saturated heterocycles. The van der Waals surface area contributed by atoms with Crippen LogP contribution in [-0.2, 0) is 0 Å². The number of para-hydroxylation sites is 1. The van der Waals surface area contributed by atoms with E-state index in [1.807, 2.05) is 12.1 Å². The van der Waals surface area contributed by atoms with Gasteiger partial charge in [-0.25, -0.2) is 0 Å². The molecule has 0 amide bonds. The minimum atomic E-state index is 0.687. The normalized spacial score (nSPS) is 21.8. The number of hydrogen-bond donors (Lipinski definition) is 2. The van der Waals surface area contributed by atoms with E-state index in [9.17, 15) is 0 Å². The Labute approximate surface area is 102 Å². The third kappa shape index (κ3) is 2.05. The molecule has 92 valence electrons. The van der Waals surface area contributed by atoms with Crippen molar-refractivity contribution in [1.82, 2.24) is 4.90 Å². The number of rotatable bonds is 2. The quantitative estimate of drug-likeness (QED) is 0.751. The van der Waals surface area contributed by atoms with E-state index < -0.39 is 0 Å². The molecule has 1 aliphatic carbocycles. The Kier molecular flexibility index (Phi) is 2.59. The van der Waals surface area contributed by atoms with E-state index in [0.717, 1.165) is 43.6 Å². The average Bonchev–Trinajstić information content (AvgIpc) is 3.17. The van der Waals surface area contributed by atoms with E-state index >= 15 is 0 Å². The molecule has 0 aromatic heterocycles. The van der Waals surface area contributed by atoms with E-state index in [2.05, 4.69) is 15.9 Å². The molecule has 0 atom stereocenters. The number of nitrogen functional groups attached to an aromatic ring is 2. The molecule has 0 radical (unpaired) electrons. The molecule has 1 heterocycles. The number of nitrogens with zero attached hydrogens (tertiary/aromatic N) is 2. The molecule has 0 bridgehead atoms. The van der Waals surface area contributed by atoms with Crippen LogP contribution in [0.15, 0.2) is 18.2 Å². The van der Waals surface area contributed by atoms with Crippen molar-refractivity contribution in [3.8, 4) is 0 Å². The van der Waals surface area contributed by atoms with E-state index in [4.69, 9.17) is 11.5 Å². The van der Waals surface area contributed by atoms with Gasteiger partial charge < -0.3 is 16.4 Å². The predicted octanol–water partition coefficient (Wildman–Crippen LogP) is 1.14. The zero-order valence-electron chi connectivity index (χ0n) is 10.1. The first-order valence-corrected chi connectivity index (χ1v) is 6.38. The summed E-state index contributed by atoms with van der Waals surface area (Å²) in [5, 5.41) is 0. The molecular formula is C13H20N4. The second kappa shape index (κ2) is 4.11. The van der Waals surface area contributed by atoms with Crippen LogP contribution < -0.4 is 16.4 Å². The molecule has 4 heteroatoms. The second-order valence-electron chi connectivity index (χ2n) is 5.03. The van der Waals surface area contributed by atoms with Crippen LogP contribution in [0.4, 0.5) is 17.1 Å². The van der Waals surface area contributed by atoms with E-state index in [0.29, 0.717) is 5.69 Å². The van der Waals surface area contributed by atoms with Gasteiger partial charge in [-0.2, -0.15) is 0 Å². The van der Waals surface area contributed by atoms with Gasteiger partial charge in [-0.3, -0.25) is 4.90 Å². The van der Waals surface area contributed by atoms with Crippen molar-refractivity contribution in [3.05, 3.63) is 18.2 Å². The zero-order chi connectivity index (χ0) is 11.8. The molecule has 4 nitrogen and oxygen atoms in total. The summed E-state index contributed by atoms with van der Waals surface area (Å²) in [5.41, 5.74) is 14.4. The summed E-state index contributed by atoms with van der Waals surface area (Å²) in [7, 11) is 0. The smallest absolute Gasteiger partial charge is 0.0785 e. The van der Waals surface area contributed by atoms with Gasteiger partial charge in [0.05, 0.1) is 17.1 Å². The molecule has 0 unspecified atom stereocenters. The molecular weight excluding hydrogens is 212 g/mol. The SMILES string of the molecule is Nc1cccc(N2CCN(C3CC3)CC2)c1N. The third-order valence-corrected chi connectivity index (χ3v) is 3.84. The summed E-state index contributed by atoms with van der Waals surface area (Å²) in [4.78, 5) is 4.95. The summed E-state index contributed by atoms with van der Waals surface area (Å²) >= 11 is 0. The Morgan fingerprint density at radius 1 is 1.00 bits per heavy atom. The third-order valence-electron chi connectivity index (χ3n) is 3.84. The van der Waals surface area contributed by atoms with Crippen LogP contribution >= 0.6 is 0 Å². The van der Waals surface area contributed by atoms with E-state index in [1.165, 1.54) is 12.8 Å². The van der Waals surface area contributed by atoms with Crippen LogP contribution in [0.5, 0.6) is 0 Å². The fraction of sp³-hybridized carbons (Fsp3) is 0.538. The number of nitrogens with two attached hydrogens (primary N) is 2. The van der Waals surface area contributed by atoms with Gasteiger partial charge in [-0.15, -0.1) is 0 Å². The van der Waals surface area contributed by atoms with Gasteiger partial charge in [0.25, 0.3) is 0 Å². The lowest BCUT2D eigenvalue weighted by Gasteiger charge is -2.36. The molecule has 1 aromatic rings. The highest BCUT2D eigenvalue weighted by Crippen LogP contribution is 2.31. The molecule has 4 N–H and O–H groups in total. The highest BCUT2D eigenvalue weighted by molar-refractivity contribution is 5.79. The Morgan fingerprint density at radius 2 is 1.71 bits per heavy atom. The number of piperazine rings is 1. The van der Waals surface area contributed by atoms with Crippen LogP contribution in [-0.4, -0.2) is 37.1 Å². The highest BCUT2D eigenvalue weighted by atomic mass is 15.3. The monoisotopic (exact) mass is 232 g/mol. The molecule has 3 rings (SSSR count). The topological polar surface area (TPSA) is 58.5 Å². The lowest BCUT2D eigenvalue weighted by molar-refractivity contribution is 0.248. The Balaban J connectivity index is 1.71. The average molecular weight is 232 g/mol. The van der Waals surface area contributed by atoms with E-state index in [-0.39, 0.29) is 0 Å². The molecule has 0 spiro atoms. The minimum absolute atomic E-state index is 0.687. The summed E-state index contributed by atoms with van der Waals surface area (Å²) in [6, 6.07) is 6.78. The first-order chi connectivity index (χ1) is 8.25. The standard InChI is InChI=1S/C13H20N4/c14-11-2-1-3-12(13(11)15)17-8-6-16(7-9-17)10-4-5-10/h1-3,10H,4-9,14-15H2. The second-order valence-corrected chi connectivity index (χ2v) is 5.03. The van der Waals surface area contributed by atoms with Gasteiger partial charge in [0.1, 0.15) is 0 Å². The maximum Gasteiger partial charge on any atom is 0.0785 e. The van der Waals surface area contributed by atoms with Crippen molar-refractivity contribution in [2.24, 2.45) is 0 Å². The Morgan fingerprint density at radius 3 is 2.35 bits per heavy atom. The van der Waals surface area contributed by atoms with Gasteiger partial charge in [0.2, 0.25) is 0 Å². The van der Waals surface area contributed by atoms with Crippen LogP contribution in [0.2, 0.25) is 0 Å². The maximum atomic E-state index is 6.04.